The van der Waals surface area contributed by atoms with E-state index in [9.17, 15) is 9.59 Å². The number of nitrogens with two attached hydrogens (primary N) is 2. The molecule has 12 heteroatoms. The van der Waals surface area contributed by atoms with Crippen molar-refractivity contribution in [2.45, 2.75) is 106 Å². The quantitative estimate of drug-likeness (QED) is 0.175. The number of H-pyrrole nitrogens is 1. The van der Waals surface area contributed by atoms with Crippen LogP contribution in [0.3, 0.4) is 0 Å². The predicted molar refractivity (Wildman–Crippen MR) is 213 cm³/mol. The van der Waals surface area contributed by atoms with Gasteiger partial charge in [-0.1, -0.05) is 48.5 Å². The molecule has 6 fully saturated rings. The number of fused-ring (bicyclic) bond motifs is 4. The maximum atomic E-state index is 9.76. The van der Waals surface area contributed by atoms with Crippen LogP contribution < -0.4 is 22.1 Å². The van der Waals surface area contributed by atoms with E-state index in [1.54, 1.807) is 0 Å². The molecule has 292 valence electrons. The molecule has 3 aromatic rings. The van der Waals surface area contributed by atoms with Gasteiger partial charge in [-0.15, -0.1) is 0 Å². The number of likely N-dealkylation sites (N-methyl/N-ethyl adjacent to an activating group) is 1. The van der Waals surface area contributed by atoms with Gasteiger partial charge in [0.15, 0.2) is 0 Å². The predicted octanol–water partition coefficient (Wildman–Crippen LogP) is 3.77. The van der Waals surface area contributed by atoms with E-state index in [-0.39, 0.29) is 11.1 Å². The summed E-state index contributed by atoms with van der Waals surface area (Å²) in [5.74, 6) is 2.71. The van der Waals surface area contributed by atoms with E-state index in [2.05, 4.69) is 94.2 Å². The van der Waals surface area contributed by atoms with Gasteiger partial charge in [0.2, 0.25) is 0 Å². The van der Waals surface area contributed by atoms with Crippen LogP contribution in [0.5, 0.6) is 0 Å². The van der Waals surface area contributed by atoms with E-state index < -0.39 is 0 Å². The zero-order valence-electron chi connectivity index (χ0n) is 32.2. The van der Waals surface area contributed by atoms with Crippen molar-refractivity contribution in [1.29, 1.82) is 0 Å². The van der Waals surface area contributed by atoms with E-state index in [4.69, 9.17) is 26.7 Å². The summed E-state index contributed by atoms with van der Waals surface area (Å²) >= 11 is 0. The van der Waals surface area contributed by atoms with E-state index in [0.717, 1.165) is 87.9 Å². The molecule has 12 nitrogen and oxygen atoms in total. The molecule has 4 heterocycles. The highest BCUT2D eigenvalue weighted by molar-refractivity contribution is 5.72. The molecule has 0 amide bonds. The summed E-state index contributed by atoms with van der Waals surface area (Å²) in [6.45, 7) is 0. The number of aliphatic hydroxyl groups is 2. The Hall–Kier alpha value is -3.91. The van der Waals surface area contributed by atoms with E-state index >= 15 is 0 Å². The number of aliphatic hydroxyl groups excluding tert-OH is 2. The topological polar surface area (TPSA) is 186 Å². The standard InChI is InChI=1S/C32H38N6.2C4H7NO.2CH4O/c1-37-25-13-11-23(15-25)29(37)31-33-17-27(35-31)21-7-3-19(4-8-21)20-5-9-22(10-6-20)28-18-34-32(36-28)30-24-12-14-26(16-24)38(30)2;2*5-4(3-6)1-2-4;2*1-2/h3-10,17-18,23-26,29-31,33,35H,11-16H2,1-2H3,(H,34,36);2*3H,1-2,5H2;2*2H,1H3. The normalized spacial score (nSPS) is 30.0. The van der Waals surface area contributed by atoms with E-state index in [1.807, 2.05) is 6.20 Å². The minimum Gasteiger partial charge on any atom is -0.400 e. The summed E-state index contributed by atoms with van der Waals surface area (Å²) in [7, 11) is 6.57. The van der Waals surface area contributed by atoms with Crippen molar-refractivity contribution in [1.82, 2.24) is 30.4 Å². The number of nitrogens with zero attached hydrogens (tertiary/aromatic N) is 3. The molecule has 4 bridgehead atoms. The highest BCUT2D eigenvalue weighted by Crippen LogP contribution is 2.48. The first-order chi connectivity index (χ1) is 26.2. The maximum Gasteiger partial charge on any atom is 0.139 e. The van der Waals surface area contributed by atoms with Gasteiger partial charge >= 0.3 is 0 Å². The van der Waals surface area contributed by atoms with Gasteiger partial charge < -0.3 is 46.9 Å². The van der Waals surface area contributed by atoms with Gasteiger partial charge in [0.05, 0.1) is 40.7 Å². The third kappa shape index (κ3) is 8.49. The van der Waals surface area contributed by atoms with E-state index in [0.29, 0.717) is 18.2 Å². The molecular formula is C42H60N8O4. The van der Waals surface area contributed by atoms with Crippen LogP contribution >= 0.6 is 0 Å². The van der Waals surface area contributed by atoms with Gasteiger partial charge in [-0.3, -0.25) is 9.80 Å². The lowest BCUT2D eigenvalue weighted by Crippen LogP contribution is -2.53. The lowest BCUT2D eigenvalue weighted by molar-refractivity contribution is -0.110. The Kier molecular flexibility index (Phi) is 12.4. The second-order valence-corrected chi connectivity index (χ2v) is 16.1. The van der Waals surface area contributed by atoms with Gasteiger partial charge in [0, 0.05) is 32.5 Å². The van der Waals surface area contributed by atoms with Crippen molar-refractivity contribution in [3.8, 4) is 22.4 Å². The molecule has 54 heavy (non-hydrogen) atoms. The maximum absolute atomic E-state index is 9.76. The monoisotopic (exact) mass is 740 g/mol. The van der Waals surface area contributed by atoms with Gasteiger partial charge in [-0.25, -0.2) is 4.98 Å². The molecule has 2 saturated heterocycles. The van der Waals surface area contributed by atoms with Crippen molar-refractivity contribution in [2.75, 3.05) is 28.3 Å². The number of nitrogens with one attached hydrogen (secondary N) is 3. The largest absolute Gasteiger partial charge is 0.400 e. The zero-order chi connectivity index (χ0) is 38.6. The number of carbonyl (C=O) groups is 2. The third-order valence-electron chi connectivity index (χ3n) is 12.7. The van der Waals surface area contributed by atoms with Crippen molar-refractivity contribution in [3.05, 3.63) is 72.3 Å². The molecule has 1 aromatic heterocycles. The van der Waals surface area contributed by atoms with Crippen LogP contribution in [0.1, 0.15) is 81.6 Å². The lowest BCUT2D eigenvalue weighted by atomic mass is 9.96. The average molecular weight is 741 g/mol. The molecule has 10 rings (SSSR count). The van der Waals surface area contributed by atoms with Crippen molar-refractivity contribution in [3.63, 3.8) is 0 Å². The minimum absolute atomic E-state index is 0.310. The fraction of sp³-hybridized carbons (Fsp3) is 0.548. The number of aldehydes is 2. The molecule has 7 unspecified atom stereocenters. The number of hydrogen-bond acceptors (Lipinski definition) is 11. The Morgan fingerprint density at radius 2 is 1.22 bits per heavy atom. The van der Waals surface area contributed by atoms with Crippen molar-refractivity contribution in [2.24, 2.45) is 23.3 Å². The highest BCUT2D eigenvalue weighted by Gasteiger charge is 2.48. The molecule has 7 aliphatic rings. The molecule has 4 aliphatic carbocycles. The number of benzene rings is 2. The number of rotatable bonds is 7. The molecule has 9 N–H and O–H groups in total. The average Bonchev–Trinajstić information content (AvgIpc) is 3.70. The Morgan fingerprint density at radius 3 is 1.69 bits per heavy atom. The highest BCUT2D eigenvalue weighted by atomic mass is 16.2. The van der Waals surface area contributed by atoms with Crippen molar-refractivity contribution < 1.29 is 19.8 Å². The van der Waals surface area contributed by atoms with Gasteiger partial charge in [0.25, 0.3) is 0 Å². The Balaban J connectivity index is 0.000000261. The Morgan fingerprint density at radius 1 is 0.722 bits per heavy atom. The molecule has 3 aliphatic heterocycles. The smallest absolute Gasteiger partial charge is 0.139 e. The van der Waals surface area contributed by atoms with Crippen LogP contribution in [0.15, 0.2) is 60.9 Å². The van der Waals surface area contributed by atoms with Crippen LogP contribution in [0.25, 0.3) is 28.1 Å². The molecule has 4 saturated carbocycles. The first-order valence-electron chi connectivity index (χ1n) is 19.5. The third-order valence-corrected chi connectivity index (χ3v) is 12.7. The minimum atomic E-state index is -0.389. The number of aromatic amines is 1. The Labute approximate surface area is 319 Å². The molecule has 7 atom stereocenters. The van der Waals surface area contributed by atoms with Gasteiger partial charge in [-0.05, 0) is 112 Å². The Bertz CT molecular complexity index is 1710. The van der Waals surface area contributed by atoms with Crippen LogP contribution in [0.4, 0.5) is 0 Å². The van der Waals surface area contributed by atoms with Crippen LogP contribution in [0.2, 0.25) is 0 Å². The number of carbonyl (C=O) groups excluding carboxylic acids is 2. The first-order valence-corrected chi connectivity index (χ1v) is 19.5. The first kappa shape index (κ1) is 39.8. The summed E-state index contributed by atoms with van der Waals surface area (Å²) in [5.41, 5.74) is 17.0. The number of likely N-dealkylation sites (tertiary alicyclic amines) is 2. The summed E-state index contributed by atoms with van der Waals surface area (Å²) < 4.78 is 0. The number of piperidine rings is 2. The van der Waals surface area contributed by atoms with E-state index in [1.165, 1.54) is 66.5 Å². The zero-order valence-corrected chi connectivity index (χ0v) is 32.2. The van der Waals surface area contributed by atoms with Crippen molar-refractivity contribution >= 4 is 18.3 Å². The molecular weight excluding hydrogens is 681 g/mol. The molecule has 0 radical (unpaired) electrons. The summed E-state index contributed by atoms with van der Waals surface area (Å²) in [4.78, 5) is 33.1. The van der Waals surface area contributed by atoms with Gasteiger partial charge in [-0.2, -0.15) is 0 Å². The lowest BCUT2D eigenvalue weighted by Gasteiger charge is -2.36. The number of hydrogen-bond donors (Lipinski definition) is 7. The second kappa shape index (κ2) is 16.8. The SMILES string of the molecule is CN1C2CCC(C2)C1c1ncc(-c2ccc(-c3ccc(C4=CNC(C5C6CCC(C6)N5C)N4)cc3)cc2)[nH]1.CO.CO.NC1(C=O)CC1.NC1(C=O)CC1. The van der Waals surface area contributed by atoms with Crippen LogP contribution in [0, 0.1) is 11.8 Å². The number of imidazole rings is 1. The van der Waals surface area contributed by atoms with Crippen LogP contribution in [-0.4, -0.2) is 106 Å². The fourth-order valence-electron chi connectivity index (χ4n) is 9.00. The summed E-state index contributed by atoms with van der Waals surface area (Å²) in [6.07, 6.45) is 17.8. The fourth-order valence-corrected chi connectivity index (χ4v) is 9.00. The summed E-state index contributed by atoms with van der Waals surface area (Å²) in [5, 5.41) is 21.4. The summed E-state index contributed by atoms with van der Waals surface area (Å²) in [6, 6.07) is 20.4. The molecule has 0 spiro atoms. The second-order valence-electron chi connectivity index (χ2n) is 16.1. The van der Waals surface area contributed by atoms with Gasteiger partial charge in [0.1, 0.15) is 24.6 Å². The number of aromatic nitrogens is 2. The van der Waals surface area contributed by atoms with Crippen LogP contribution in [-0.2, 0) is 9.59 Å². The molecule has 2 aromatic carbocycles.